The van der Waals surface area contributed by atoms with Gasteiger partial charge in [-0.3, -0.25) is 9.47 Å². The van der Waals surface area contributed by atoms with Crippen molar-refractivity contribution < 1.29 is 4.39 Å². The highest BCUT2D eigenvalue weighted by Crippen LogP contribution is 2.30. The number of hydrogen-bond acceptors (Lipinski definition) is 4. The fraction of sp³-hybridized carbons (Fsp3) is 0.217. The van der Waals surface area contributed by atoms with Gasteiger partial charge in [-0.25, -0.2) is 4.39 Å². The molecule has 4 aromatic rings. The summed E-state index contributed by atoms with van der Waals surface area (Å²) in [6, 6.07) is 21.3. The molecule has 6 heteroatoms. The van der Waals surface area contributed by atoms with Gasteiger partial charge in [0.2, 0.25) is 0 Å². The van der Waals surface area contributed by atoms with E-state index in [4.69, 9.17) is 0 Å². The first-order chi connectivity index (χ1) is 14.0. The lowest BCUT2D eigenvalue weighted by Gasteiger charge is -2.20. The number of nitrogens with zero attached hydrogens (tertiary/aromatic N) is 4. The van der Waals surface area contributed by atoms with Crippen molar-refractivity contribution in [2.45, 2.75) is 23.9 Å². The Kier molecular flexibility index (Phi) is 5.65. The first kappa shape index (κ1) is 19.6. The van der Waals surface area contributed by atoms with Crippen LogP contribution in [-0.4, -0.2) is 33.8 Å². The Morgan fingerprint density at radius 1 is 0.966 bits per heavy atom. The molecule has 4 rings (SSSR count). The predicted octanol–water partition coefficient (Wildman–Crippen LogP) is 5.47. The predicted molar refractivity (Wildman–Crippen MR) is 117 cm³/mol. The van der Waals surface area contributed by atoms with E-state index < -0.39 is 0 Å². The van der Waals surface area contributed by atoms with Crippen LogP contribution in [0.4, 0.5) is 4.39 Å². The molecule has 0 fully saturated rings. The highest BCUT2D eigenvalue weighted by Gasteiger charge is 2.21. The topological polar surface area (TPSA) is 34.0 Å². The number of thioether (sulfide) groups is 1. The number of fused-ring (bicyclic) bond motifs is 1. The van der Waals surface area contributed by atoms with Crippen molar-refractivity contribution in [3.05, 3.63) is 83.9 Å². The molecule has 0 radical (unpaired) electrons. The zero-order valence-corrected chi connectivity index (χ0v) is 17.5. The summed E-state index contributed by atoms with van der Waals surface area (Å²) < 4.78 is 15.5. The summed E-state index contributed by atoms with van der Waals surface area (Å²) in [6.45, 7) is 2.09. The van der Waals surface area contributed by atoms with Gasteiger partial charge >= 0.3 is 0 Å². The second kappa shape index (κ2) is 8.35. The van der Waals surface area contributed by atoms with Gasteiger partial charge in [0.1, 0.15) is 5.82 Å². The summed E-state index contributed by atoms with van der Waals surface area (Å²) in [4.78, 5) is 2.09. The Morgan fingerprint density at radius 3 is 2.45 bits per heavy atom. The van der Waals surface area contributed by atoms with Gasteiger partial charge in [-0.2, -0.15) is 0 Å². The van der Waals surface area contributed by atoms with Crippen molar-refractivity contribution in [2.75, 3.05) is 14.1 Å². The first-order valence-electron chi connectivity index (χ1n) is 9.51. The molecule has 0 amide bonds. The molecule has 1 atom stereocenters. The molecule has 1 unspecified atom stereocenters. The largest absolute Gasteiger partial charge is 0.300 e. The van der Waals surface area contributed by atoms with Crippen LogP contribution in [0.15, 0.2) is 71.9 Å². The van der Waals surface area contributed by atoms with E-state index in [-0.39, 0.29) is 11.9 Å². The minimum absolute atomic E-state index is 0.0689. The van der Waals surface area contributed by atoms with Gasteiger partial charge in [0.25, 0.3) is 0 Å². The number of rotatable bonds is 6. The number of hydrogen-bond donors (Lipinski definition) is 0. The minimum atomic E-state index is -0.256. The Morgan fingerprint density at radius 2 is 1.69 bits per heavy atom. The zero-order chi connectivity index (χ0) is 20.4. The van der Waals surface area contributed by atoms with Gasteiger partial charge in [-0.05, 0) is 61.6 Å². The lowest BCUT2D eigenvalue weighted by Crippen LogP contribution is -2.20. The Balaban J connectivity index is 1.71. The van der Waals surface area contributed by atoms with Crippen molar-refractivity contribution in [3.63, 3.8) is 0 Å². The van der Waals surface area contributed by atoms with E-state index in [0.29, 0.717) is 0 Å². The molecule has 1 heterocycles. The number of halogens is 1. The van der Waals surface area contributed by atoms with Crippen LogP contribution in [0.2, 0.25) is 0 Å². The van der Waals surface area contributed by atoms with Gasteiger partial charge < -0.3 is 0 Å². The van der Waals surface area contributed by atoms with Gasteiger partial charge in [0.05, 0.1) is 6.04 Å². The van der Waals surface area contributed by atoms with Gasteiger partial charge in [-0.15, -0.1) is 10.2 Å². The van der Waals surface area contributed by atoms with Gasteiger partial charge in [0.15, 0.2) is 11.0 Å². The van der Waals surface area contributed by atoms with Crippen LogP contribution < -0.4 is 0 Å². The third-order valence-corrected chi connectivity index (χ3v) is 6.11. The standard InChI is InChI=1S/C23H23FN4S/c1-16(27(2)3)22-25-26-23(28(22)20-13-11-19(24)12-14-20)29-15-18-9-6-8-17-7-4-5-10-21(17)18/h4-14,16H,15H2,1-3H3. The zero-order valence-electron chi connectivity index (χ0n) is 16.7. The van der Waals surface area contributed by atoms with Crippen molar-refractivity contribution in [1.29, 1.82) is 0 Å². The molecule has 0 aliphatic heterocycles. The normalized spacial score (nSPS) is 12.6. The summed E-state index contributed by atoms with van der Waals surface area (Å²) in [5.41, 5.74) is 2.12. The molecule has 4 nitrogen and oxygen atoms in total. The van der Waals surface area contributed by atoms with Crippen LogP contribution >= 0.6 is 11.8 Å². The van der Waals surface area contributed by atoms with Crippen molar-refractivity contribution in [2.24, 2.45) is 0 Å². The molecule has 0 bridgehead atoms. The van der Waals surface area contributed by atoms with E-state index in [9.17, 15) is 4.39 Å². The molecule has 0 aliphatic rings. The molecule has 0 saturated carbocycles. The summed E-state index contributed by atoms with van der Waals surface area (Å²) >= 11 is 1.64. The minimum Gasteiger partial charge on any atom is -0.300 e. The molecule has 0 saturated heterocycles. The quantitative estimate of drug-likeness (QED) is 0.397. The van der Waals surface area contributed by atoms with Crippen molar-refractivity contribution in [1.82, 2.24) is 19.7 Å². The van der Waals surface area contributed by atoms with Gasteiger partial charge in [0, 0.05) is 11.4 Å². The van der Waals surface area contributed by atoms with Gasteiger partial charge in [-0.1, -0.05) is 54.2 Å². The van der Waals surface area contributed by atoms with E-state index in [0.717, 1.165) is 22.4 Å². The number of benzene rings is 3. The third kappa shape index (κ3) is 4.04. The monoisotopic (exact) mass is 406 g/mol. The molecule has 148 valence electrons. The maximum Gasteiger partial charge on any atom is 0.196 e. The fourth-order valence-electron chi connectivity index (χ4n) is 3.27. The molecule has 0 spiro atoms. The van der Waals surface area contributed by atoms with Crippen LogP contribution in [0.5, 0.6) is 0 Å². The first-order valence-corrected chi connectivity index (χ1v) is 10.5. The van der Waals surface area contributed by atoms with E-state index in [2.05, 4.69) is 64.5 Å². The molecular weight excluding hydrogens is 383 g/mol. The summed E-state index contributed by atoms with van der Waals surface area (Å²) in [5.74, 6) is 1.35. The van der Waals surface area contributed by atoms with E-state index in [1.165, 1.54) is 28.5 Å². The van der Waals surface area contributed by atoms with Crippen LogP contribution in [0.3, 0.4) is 0 Å². The average Bonchev–Trinajstić information content (AvgIpc) is 3.16. The Bertz CT molecular complexity index is 1120. The highest BCUT2D eigenvalue weighted by atomic mass is 32.2. The smallest absolute Gasteiger partial charge is 0.196 e. The molecule has 0 aliphatic carbocycles. The average molecular weight is 407 g/mol. The highest BCUT2D eigenvalue weighted by molar-refractivity contribution is 7.98. The molecule has 0 N–H and O–H groups in total. The van der Waals surface area contributed by atoms with Crippen LogP contribution in [-0.2, 0) is 5.75 Å². The second-order valence-electron chi connectivity index (χ2n) is 7.22. The van der Waals surface area contributed by atoms with Crippen molar-refractivity contribution >= 4 is 22.5 Å². The van der Waals surface area contributed by atoms with Crippen LogP contribution in [0.25, 0.3) is 16.5 Å². The molecule has 3 aromatic carbocycles. The van der Waals surface area contributed by atoms with E-state index >= 15 is 0 Å². The molecule has 29 heavy (non-hydrogen) atoms. The van der Waals surface area contributed by atoms with Crippen LogP contribution in [0.1, 0.15) is 24.4 Å². The lowest BCUT2D eigenvalue weighted by molar-refractivity contribution is 0.305. The summed E-state index contributed by atoms with van der Waals surface area (Å²) in [6.07, 6.45) is 0. The molecular formula is C23H23FN4S. The SMILES string of the molecule is CC(c1nnc(SCc2cccc3ccccc23)n1-c1ccc(F)cc1)N(C)C. The second-order valence-corrected chi connectivity index (χ2v) is 8.16. The third-order valence-electron chi connectivity index (χ3n) is 5.13. The maximum atomic E-state index is 13.5. The van der Waals surface area contributed by atoms with Crippen LogP contribution in [0, 0.1) is 5.82 Å². The van der Waals surface area contributed by atoms with Crippen molar-refractivity contribution in [3.8, 4) is 5.69 Å². The molecule has 1 aromatic heterocycles. The lowest BCUT2D eigenvalue weighted by atomic mass is 10.1. The number of aromatic nitrogens is 3. The summed E-state index contributed by atoms with van der Waals surface area (Å²) in [7, 11) is 4.02. The Labute approximate surface area is 174 Å². The van der Waals surface area contributed by atoms with E-state index in [1.807, 2.05) is 18.7 Å². The summed E-state index contributed by atoms with van der Waals surface area (Å²) in [5, 5.41) is 12.2. The maximum absolute atomic E-state index is 13.5. The van der Waals surface area contributed by atoms with E-state index in [1.54, 1.807) is 23.9 Å². The fourth-order valence-corrected chi connectivity index (χ4v) is 4.23. The Hall–Kier alpha value is -2.70.